The molecule has 4 aliphatic carbocycles. The second kappa shape index (κ2) is 6.74. The Labute approximate surface area is 173 Å². The fourth-order valence-electron chi connectivity index (χ4n) is 8.00. The summed E-state index contributed by atoms with van der Waals surface area (Å²) in [4.78, 5) is 30.9. The van der Waals surface area contributed by atoms with Gasteiger partial charge < -0.3 is 14.9 Å². The zero-order valence-corrected chi connectivity index (χ0v) is 18.8. The number of phosphoric acid groups is 1. The molecule has 0 heterocycles. The van der Waals surface area contributed by atoms with E-state index in [4.69, 9.17) is 4.52 Å². The number of hydrogen-bond donors (Lipinski definition) is 3. The van der Waals surface area contributed by atoms with E-state index in [9.17, 15) is 24.3 Å². The lowest BCUT2D eigenvalue weighted by atomic mass is 9.46. The van der Waals surface area contributed by atoms with Gasteiger partial charge in [-0.25, -0.2) is 4.57 Å². The fourth-order valence-corrected chi connectivity index (χ4v) is 8.57. The number of allylic oxidation sites excluding steroid dienone is 1. The predicted molar refractivity (Wildman–Crippen MR) is 109 cm³/mol. The molecular formula is C22H35O6P. The van der Waals surface area contributed by atoms with E-state index in [1.807, 2.05) is 6.92 Å². The van der Waals surface area contributed by atoms with Crippen LogP contribution in [0, 0.1) is 34.5 Å². The lowest BCUT2D eigenvalue weighted by molar-refractivity contribution is -0.165. The number of hydrogen-bond acceptors (Lipinski definition) is 4. The van der Waals surface area contributed by atoms with Gasteiger partial charge in [-0.1, -0.05) is 32.4 Å². The van der Waals surface area contributed by atoms with E-state index in [1.54, 1.807) is 6.92 Å². The average Bonchev–Trinajstić information content (AvgIpc) is 2.82. The Balaban J connectivity index is 1.62. The molecule has 0 unspecified atom stereocenters. The molecule has 3 saturated carbocycles. The van der Waals surface area contributed by atoms with Crippen LogP contribution in [0.1, 0.15) is 72.6 Å². The zero-order valence-electron chi connectivity index (χ0n) is 17.9. The Morgan fingerprint density at radius 3 is 2.52 bits per heavy atom. The molecule has 4 rings (SSSR count). The molecule has 3 fully saturated rings. The maximum Gasteiger partial charge on any atom is 0.469 e. The highest BCUT2D eigenvalue weighted by molar-refractivity contribution is 7.46. The molecule has 0 aromatic heterocycles. The normalized spacial score (nSPS) is 49.6. The SMILES string of the molecule is CC(=O)[C@@]1(O)[C@H](C)C[C@H]2[C@H]3CC=C4C[C@H](OP(=O)(O)O)CC[C@]4(C)[C@@H]3CC[C@@]21C. The van der Waals surface area contributed by atoms with Gasteiger partial charge in [0.05, 0.1) is 6.10 Å². The van der Waals surface area contributed by atoms with E-state index >= 15 is 0 Å². The van der Waals surface area contributed by atoms with Crippen molar-refractivity contribution in [2.75, 3.05) is 0 Å². The van der Waals surface area contributed by atoms with Crippen molar-refractivity contribution in [1.29, 1.82) is 0 Å². The molecule has 0 aromatic carbocycles. The van der Waals surface area contributed by atoms with Crippen LogP contribution in [0.25, 0.3) is 0 Å². The third-order valence-electron chi connectivity index (χ3n) is 9.46. The van der Waals surface area contributed by atoms with Crippen LogP contribution in [0.3, 0.4) is 0 Å². The molecule has 0 bridgehead atoms. The summed E-state index contributed by atoms with van der Waals surface area (Å²) >= 11 is 0. The fraction of sp³-hybridized carbons (Fsp3) is 0.864. The van der Waals surface area contributed by atoms with Crippen LogP contribution in [0.4, 0.5) is 0 Å². The summed E-state index contributed by atoms with van der Waals surface area (Å²) in [5.41, 5.74) is -0.316. The van der Waals surface area contributed by atoms with Crippen molar-refractivity contribution in [1.82, 2.24) is 0 Å². The minimum Gasteiger partial charge on any atom is -0.381 e. The maximum absolute atomic E-state index is 12.5. The van der Waals surface area contributed by atoms with E-state index in [0.717, 1.165) is 32.1 Å². The minimum atomic E-state index is -4.47. The van der Waals surface area contributed by atoms with Gasteiger partial charge in [0.15, 0.2) is 5.78 Å². The lowest BCUT2D eigenvalue weighted by Crippen LogP contribution is -2.58. The Hall–Kier alpha value is -0.520. The molecule has 6 nitrogen and oxygen atoms in total. The summed E-state index contributed by atoms with van der Waals surface area (Å²) in [6, 6.07) is 0. The van der Waals surface area contributed by atoms with Crippen molar-refractivity contribution < 1.29 is 28.8 Å². The first kappa shape index (κ1) is 21.7. The Morgan fingerprint density at radius 2 is 1.90 bits per heavy atom. The molecule has 0 saturated heterocycles. The highest BCUT2D eigenvalue weighted by Crippen LogP contribution is 2.68. The van der Waals surface area contributed by atoms with Crippen molar-refractivity contribution in [2.24, 2.45) is 34.5 Å². The first-order valence-corrected chi connectivity index (χ1v) is 12.5. The first-order chi connectivity index (χ1) is 13.3. The van der Waals surface area contributed by atoms with Crippen LogP contribution in [0.2, 0.25) is 0 Å². The summed E-state index contributed by atoms with van der Waals surface area (Å²) in [6.45, 7) is 8.00. The molecule has 0 radical (unpaired) electrons. The van der Waals surface area contributed by atoms with Gasteiger partial charge in [0.2, 0.25) is 0 Å². The average molecular weight is 426 g/mol. The largest absolute Gasteiger partial charge is 0.469 e. The summed E-state index contributed by atoms with van der Waals surface area (Å²) in [5.74, 6) is 1.13. The van der Waals surface area contributed by atoms with Crippen LogP contribution in [0.15, 0.2) is 11.6 Å². The van der Waals surface area contributed by atoms with Crippen LogP contribution in [-0.2, 0) is 13.9 Å². The number of phosphoric ester groups is 1. The third-order valence-corrected chi connectivity index (χ3v) is 10.0. The first-order valence-electron chi connectivity index (χ1n) is 11.0. The van der Waals surface area contributed by atoms with E-state index in [0.29, 0.717) is 30.6 Å². The number of carbonyl (C=O) groups excluding carboxylic acids is 1. The third kappa shape index (κ3) is 3.05. The molecule has 8 atom stereocenters. The van der Waals surface area contributed by atoms with Crippen molar-refractivity contribution in [3.05, 3.63) is 11.6 Å². The molecule has 0 spiro atoms. The van der Waals surface area contributed by atoms with Gasteiger partial charge in [-0.2, -0.15) is 0 Å². The van der Waals surface area contributed by atoms with Gasteiger partial charge in [-0.15, -0.1) is 0 Å². The second-order valence-corrected chi connectivity index (χ2v) is 11.8. The van der Waals surface area contributed by atoms with Gasteiger partial charge in [-0.05, 0) is 81.0 Å². The Bertz CT molecular complexity index is 788. The van der Waals surface area contributed by atoms with E-state index in [2.05, 4.69) is 19.9 Å². The van der Waals surface area contributed by atoms with Gasteiger partial charge in [0.25, 0.3) is 0 Å². The van der Waals surface area contributed by atoms with Crippen LogP contribution >= 0.6 is 7.82 Å². The smallest absolute Gasteiger partial charge is 0.381 e. The van der Waals surface area contributed by atoms with Gasteiger partial charge in [-0.3, -0.25) is 9.32 Å². The van der Waals surface area contributed by atoms with Crippen LogP contribution in [-0.4, -0.2) is 32.4 Å². The van der Waals surface area contributed by atoms with E-state index in [1.165, 1.54) is 5.57 Å². The Kier molecular flexibility index (Phi) is 5.04. The number of rotatable bonds is 3. The summed E-state index contributed by atoms with van der Waals surface area (Å²) in [5, 5.41) is 11.5. The lowest BCUT2D eigenvalue weighted by Gasteiger charge is -2.58. The van der Waals surface area contributed by atoms with Gasteiger partial charge in [0.1, 0.15) is 5.60 Å². The monoisotopic (exact) mass is 426 g/mol. The molecule has 164 valence electrons. The number of carbonyl (C=O) groups is 1. The number of ketones is 1. The summed E-state index contributed by atoms with van der Waals surface area (Å²) < 4.78 is 16.3. The van der Waals surface area contributed by atoms with Gasteiger partial charge >= 0.3 is 7.82 Å². The summed E-state index contributed by atoms with van der Waals surface area (Å²) in [7, 11) is -4.47. The van der Waals surface area contributed by atoms with Crippen molar-refractivity contribution in [2.45, 2.75) is 84.3 Å². The van der Waals surface area contributed by atoms with Gasteiger partial charge in [0, 0.05) is 5.41 Å². The van der Waals surface area contributed by atoms with Crippen LogP contribution < -0.4 is 0 Å². The molecule has 7 heteroatoms. The predicted octanol–water partition coefficient (Wildman–Crippen LogP) is 3.99. The van der Waals surface area contributed by atoms with Crippen molar-refractivity contribution in [3.63, 3.8) is 0 Å². The zero-order chi connectivity index (χ0) is 21.4. The minimum absolute atomic E-state index is 0.0131. The Morgan fingerprint density at radius 1 is 1.21 bits per heavy atom. The van der Waals surface area contributed by atoms with Crippen LogP contribution in [0.5, 0.6) is 0 Å². The number of fused-ring (bicyclic) bond motifs is 5. The molecule has 0 aromatic rings. The van der Waals surface area contributed by atoms with Crippen molar-refractivity contribution in [3.8, 4) is 0 Å². The molecule has 4 aliphatic rings. The molecular weight excluding hydrogens is 391 g/mol. The number of Topliss-reactive ketones (excluding diaryl/α,β-unsaturated/α-hetero) is 1. The molecule has 29 heavy (non-hydrogen) atoms. The molecule has 0 aliphatic heterocycles. The van der Waals surface area contributed by atoms with E-state index < -0.39 is 19.5 Å². The molecule has 0 amide bonds. The maximum atomic E-state index is 12.5. The van der Waals surface area contributed by atoms with Crippen molar-refractivity contribution >= 4 is 13.6 Å². The standard InChI is InChI=1S/C22H35O6P/c1-13-11-19-17-6-5-15-12-16(28-29(25,26)27)7-9-20(15,3)18(17)8-10-21(19,4)22(13,24)14(2)23/h5,13,16-19,24H,6-12H2,1-4H3,(H2,25,26,27)/t13-,16-,17+,18-,19+,20+,21+,22+/m1/s1. The highest BCUT2D eigenvalue weighted by Gasteiger charge is 2.67. The highest BCUT2D eigenvalue weighted by atomic mass is 31.2. The number of aliphatic hydroxyl groups is 1. The van der Waals surface area contributed by atoms with E-state index in [-0.39, 0.29) is 22.5 Å². The quantitative estimate of drug-likeness (QED) is 0.466. The second-order valence-electron chi connectivity index (χ2n) is 10.6. The topological polar surface area (TPSA) is 104 Å². The summed E-state index contributed by atoms with van der Waals surface area (Å²) in [6.07, 6.45) is 7.59. The molecule has 3 N–H and O–H groups in total.